The molecular weight excluding hydrogens is 362 g/mol. The minimum absolute atomic E-state index is 0.127. The van der Waals surface area contributed by atoms with Crippen LogP contribution in [-0.4, -0.2) is 55.6 Å². The number of likely N-dealkylation sites (tertiary alicyclic amines) is 1. The number of carbonyl (C=O) groups is 1. The molecule has 10 heteroatoms. The Morgan fingerprint density at radius 3 is 2.84 bits per heavy atom. The minimum Gasteiger partial charge on any atom is -0.303 e. The Morgan fingerprint density at radius 1 is 1.40 bits per heavy atom. The summed E-state index contributed by atoms with van der Waals surface area (Å²) in [5.41, 5.74) is 0. The summed E-state index contributed by atoms with van der Waals surface area (Å²) in [6, 6.07) is 0. The zero-order valence-corrected chi connectivity index (χ0v) is 16.6. The largest absolute Gasteiger partial charge is 0.303 e. The topological polar surface area (TPSA) is 104 Å². The van der Waals surface area contributed by atoms with Crippen LogP contribution in [0.2, 0.25) is 0 Å². The molecule has 2 rings (SSSR count). The molecule has 1 aliphatic rings. The fourth-order valence-electron chi connectivity index (χ4n) is 2.68. The highest BCUT2D eigenvalue weighted by atomic mass is 32.2. The van der Waals surface area contributed by atoms with E-state index in [1.807, 2.05) is 0 Å². The van der Waals surface area contributed by atoms with Crippen molar-refractivity contribution >= 4 is 32.4 Å². The normalized spacial score (nSPS) is 19.3. The number of hydrogen-bond acceptors (Lipinski definition) is 7. The van der Waals surface area contributed by atoms with Gasteiger partial charge in [-0.05, 0) is 38.3 Å². The molecule has 0 saturated carbocycles. The maximum Gasteiger partial charge on any atom is 0.269 e. The van der Waals surface area contributed by atoms with E-state index >= 15 is 0 Å². The van der Waals surface area contributed by atoms with Gasteiger partial charge in [-0.3, -0.25) is 4.79 Å². The van der Waals surface area contributed by atoms with Crippen molar-refractivity contribution in [2.45, 2.75) is 44.4 Å². The molecular formula is C15H27N5O3S2. The Balaban J connectivity index is 1.79. The molecule has 142 valence electrons. The first-order valence-electron chi connectivity index (χ1n) is 8.64. The third kappa shape index (κ3) is 6.28. The van der Waals surface area contributed by atoms with E-state index in [-0.39, 0.29) is 21.3 Å². The maximum atomic E-state index is 12.2. The molecule has 2 N–H and O–H groups in total. The van der Waals surface area contributed by atoms with Crippen molar-refractivity contribution in [3.8, 4) is 0 Å². The molecule has 1 saturated heterocycles. The van der Waals surface area contributed by atoms with Crippen molar-refractivity contribution in [2.75, 3.05) is 31.5 Å². The molecule has 0 unspecified atom stereocenters. The summed E-state index contributed by atoms with van der Waals surface area (Å²) in [5, 5.41) is 10.1. The zero-order chi connectivity index (χ0) is 18.4. The lowest BCUT2D eigenvalue weighted by molar-refractivity contribution is -0.118. The van der Waals surface area contributed by atoms with Gasteiger partial charge in [0.15, 0.2) is 0 Å². The van der Waals surface area contributed by atoms with Crippen LogP contribution in [0.5, 0.6) is 0 Å². The van der Waals surface area contributed by atoms with Gasteiger partial charge in [-0.1, -0.05) is 32.1 Å². The van der Waals surface area contributed by atoms with Crippen LogP contribution >= 0.6 is 11.3 Å². The van der Waals surface area contributed by atoms with Gasteiger partial charge in [0, 0.05) is 19.0 Å². The lowest BCUT2D eigenvalue weighted by Gasteiger charge is -2.30. The van der Waals surface area contributed by atoms with Crippen LogP contribution in [0, 0.1) is 11.8 Å². The molecule has 1 aromatic rings. The lowest BCUT2D eigenvalue weighted by atomic mass is 10.0. The molecule has 1 aliphatic heterocycles. The molecule has 0 radical (unpaired) electrons. The predicted molar refractivity (Wildman–Crippen MR) is 98.0 cm³/mol. The smallest absolute Gasteiger partial charge is 0.269 e. The predicted octanol–water partition coefficient (Wildman–Crippen LogP) is 1.53. The zero-order valence-electron chi connectivity index (χ0n) is 15.0. The van der Waals surface area contributed by atoms with E-state index in [0.717, 1.165) is 37.4 Å². The summed E-state index contributed by atoms with van der Waals surface area (Å²) < 4.78 is 26.9. The van der Waals surface area contributed by atoms with Gasteiger partial charge in [0.05, 0.1) is 0 Å². The molecule has 0 bridgehead atoms. The third-order valence-electron chi connectivity index (χ3n) is 4.08. The SMILES string of the molecule is CC(C)C(=O)Nc1nnc(S(=O)(=O)NCCCN2CCC[C@H](C)C2)s1. The number of rotatable bonds is 8. The lowest BCUT2D eigenvalue weighted by Crippen LogP contribution is -2.36. The highest BCUT2D eigenvalue weighted by Gasteiger charge is 2.21. The monoisotopic (exact) mass is 389 g/mol. The summed E-state index contributed by atoms with van der Waals surface area (Å²) in [6.07, 6.45) is 3.24. The number of amides is 1. The van der Waals surface area contributed by atoms with Crippen molar-refractivity contribution in [3.05, 3.63) is 0 Å². The highest BCUT2D eigenvalue weighted by Crippen LogP contribution is 2.20. The highest BCUT2D eigenvalue weighted by molar-refractivity contribution is 7.91. The Labute approximate surface area is 153 Å². The average molecular weight is 390 g/mol. The molecule has 25 heavy (non-hydrogen) atoms. The number of anilines is 1. The number of carbonyl (C=O) groups excluding carboxylic acids is 1. The van der Waals surface area contributed by atoms with Crippen molar-refractivity contribution in [1.29, 1.82) is 0 Å². The van der Waals surface area contributed by atoms with E-state index in [4.69, 9.17) is 0 Å². The fourth-order valence-corrected chi connectivity index (χ4v) is 4.70. The molecule has 1 aromatic heterocycles. The molecule has 0 aliphatic carbocycles. The van der Waals surface area contributed by atoms with E-state index < -0.39 is 10.0 Å². The van der Waals surface area contributed by atoms with Crippen molar-refractivity contribution < 1.29 is 13.2 Å². The van der Waals surface area contributed by atoms with Crippen LogP contribution in [0.1, 0.15) is 40.0 Å². The first-order valence-corrected chi connectivity index (χ1v) is 10.9. The average Bonchev–Trinajstić information content (AvgIpc) is 3.01. The van der Waals surface area contributed by atoms with E-state index in [2.05, 4.69) is 32.1 Å². The van der Waals surface area contributed by atoms with Crippen LogP contribution in [0.3, 0.4) is 0 Å². The van der Waals surface area contributed by atoms with Crippen molar-refractivity contribution in [3.63, 3.8) is 0 Å². The van der Waals surface area contributed by atoms with Gasteiger partial charge in [-0.15, -0.1) is 10.2 Å². The summed E-state index contributed by atoms with van der Waals surface area (Å²) in [6.45, 7) is 9.17. The number of hydrogen-bond donors (Lipinski definition) is 2. The number of sulfonamides is 1. The molecule has 0 aromatic carbocycles. The van der Waals surface area contributed by atoms with Crippen LogP contribution in [0.25, 0.3) is 0 Å². The first-order chi connectivity index (χ1) is 11.8. The number of aromatic nitrogens is 2. The van der Waals surface area contributed by atoms with Gasteiger partial charge >= 0.3 is 0 Å². The fraction of sp³-hybridized carbons (Fsp3) is 0.800. The summed E-state index contributed by atoms with van der Waals surface area (Å²) in [7, 11) is -3.68. The van der Waals surface area contributed by atoms with E-state index in [9.17, 15) is 13.2 Å². The molecule has 1 atom stereocenters. The van der Waals surface area contributed by atoms with E-state index in [1.165, 1.54) is 12.8 Å². The van der Waals surface area contributed by atoms with E-state index in [1.54, 1.807) is 13.8 Å². The van der Waals surface area contributed by atoms with E-state index in [0.29, 0.717) is 12.5 Å². The van der Waals surface area contributed by atoms with Gasteiger partial charge in [-0.25, -0.2) is 13.1 Å². The van der Waals surface area contributed by atoms with Crippen LogP contribution in [0.4, 0.5) is 5.13 Å². The summed E-state index contributed by atoms with van der Waals surface area (Å²) >= 11 is 0.857. The van der Waals surface area contributed by atoms with Crippen LogP contribution in [0.15, 0.2) is 4.34 Å². The van der Waals surface area contributed by atoms with Gasteiger partial charge in [0.2, 0.25) is 15.4 Å². The second-order valence-corrected chi connectivity index (χ2v) is 9.73. The maximum absolute atomic E-state index is 12.2. The quantitative estimate of drug-likeness (QED) is 0.516. The molecule has 8 nitrogen and oxygen atoms in total. The van der Waals surface area contributed by atoms with Gasteiger partial charge < -0.3 is 10.2 Å². The minimum atomic E-state index is -3.68. The number of piperidine rings is 1. The second kappa shape index (κ2) is 9.02. The molecule has 1 amide bonds. The van der Waals surface area contributed by atoms with Crippen molar-refractivity contribution in [2.24, 2.45) is 11.8 Å². The number of nitrogens with one attached hydrogen (secondary N) is 2. The Hall–Kier alpha value is -1.10. The molecule has 0 spiro atoms. The Morgan fingerprint density at radius 2 is 2.16 bits per heavy atom. The van der Waals surface area contributed by atoms with Crippen LogP contribution in [-0.2, 0) is 14.8 Å². The first kappa shape index (κ1) is 20.2. The third-order valence-corrected chi connectivity index (χ3v) is 6.74. The molecule has 2 heterocycles. The standard InChI is InChI=1S/C15H27N5O3S2/c1-11(2)13(21)17-14-18-19-15(24-14)25(22,23)16-7-5-9-20-8-4-6-12(3)10-20/h11-12,16H,4-10H2,1-3H3,(H,17,18,21)/t12-/m0/s1. The second-order valence-electron chi connectivity index (χ2n) is 6.82. The van der Waals surface area contributed by atoms with Crippen molar-refractivity contribution in [1.82, 2.24) is 19.8 Å². The number of nitrogens with zero attached hydrogens (tertiary/aromatic N) is 3. The molecule has 1 fully saturated rings. The Bertz CT molecular complexity index is 674. The van der Waals surface area contributed by atoms with Gasteiger partial charge in [0.1, 0.15) is 0 Å². The van der Waals surface area contributed by atoms with Gasteiger partial charge in [0.25, 0.3) is 10.0 Å². The summed E-state index contributed by atoms with van der Waals surface area (Å²) in [5.74, 6) is 0.287. The Kier molecular flexibility index (Phi) is 7.29. The van der Waals surface area contributed by atoms with Crippen LogP contribution < -0.4 is 10.0 Å². The summed E-state index contributed by atoms with van der Waals surface area (Å²) in [4.78, 5) is 14.0. The van der Waals surface area contributed by atoms with Gasteiger partial charge in [-0.2, -0.15) is 0 Å².